The quantitative estimate of drug-likeness (QED) is 0.618. The Morgan fingerprint density at radius 2 is 1.56 bits per heavy atom. The maximum Gasteiger partial charge on any atom is 0.417 e. The number of carbonyl (C=O) groups is 2. The molecule has 0 spiro atoms. The third-order valence-corrected chi connectivity index (χ3v) is 5.21. The Labute approximate surface area is 107 Å². The summed E-state index contributed by atoms with van der Waals surface area (Å²) >= 11 is 0. The SMILES string of the molecule is O=C(O)C(=O)OCCC12CC3CC(CC(C3)C1)C2. The van der Waals surface area contributed by atoms with Gasteiger partial charge in [0.05, 0.1) is 6.61 Å². The lowest BCUT2D eigenvalue weighted by atomic mass is 9.49. The van der Waals surface area contributed by atoms with Gasteiger partial charge in [-0.15, -0.1) is 0 Å². The number of aliphatic carboxylic acids is 1. The summed E-state index contributed by atoms with van der Waals surface area (Å²) in [6.07, 6.45) is 8.85. The van der Waals surface area contributed by atoms with E-state index >= 15 is 0 Å². The normalized spacial score (nSPS) is 40.8. The average molecular weight is 252 g/mol. The zero-order valence-corrected chi connectivity index (χ0v) is 10.6. The highest BCUT2D eigenvalue weighted by molar-refractivity contribution is 6.28. The van der Waals surface area contributed by atoms with Crippen LogP contribution in [0.3, 0.4) is 0 Å². The summed E-state index contributed by atoms with van der Waals surface area (Å²) in [6, 6.07) is 0. The Bertz CT molecular complexity index is 339. The molecule has 4 bridgehead atoms. The van der Waals surface area contributed by atoms with Crippen molar-refractivity contribution in [3.8, 4) is 0 Å². The molecule has 0 radical (unpaired) electrons. The molecule has 4 aliphatic carbocycles. The first kappa shape index (κ1) is 12.0. The number of ether oxygens (including phenoxy) is 1. The number of hydrogen-bond acceptors (Lipinski definition) is 3. The third-order valence-electron chi connectivity index (χ3n) is 5.21. The van der Waals surface area contributed by atoms with Gasteiger partial charge in [0.1, 0.15) is 0 Å². The zero-order chi connectivity index (χ0) is 12.8. The van der Waals surface area contributed by atoms with Crippen LogP contribution in [0.15, 0.2) is 0 Å². The van der Waals surface area contributed by atoms with Crippen molar-refractivity contribution >= 4 is 11.9 Å². The van der Waals surface area contributed by atoms with Crippen molar-refractivity contribution < 1.29 is 19.4 Å². The second-order valence-corrected chi connectivity index (χ2v) is 6.61. The van der Waals surface area contributed by atoms with Crippen LogP contribution in [0.1, 0.15) is 44.9 Å². The predicted octanol–water partition coefficient (Wildman–Crippen LogP) is 2.22. The van der Waals surface area contributed by atoms with Crippen LogP contribution in [0.25, 0.3) is 0 Å². The molecule has 0 aromatic carbocycles. The molecule has 0 aromatic heterocycles. The molecular weight excluding hydrogens is 232 g/mol. The van der Waals surface area contributed by atoms with E-state index < -0.39 is 11.9 Å². The summed E-state index contributed by atoms with van der Waals surface area (Å²) < 4.78 is 4.80. The average Bonchev–Trinajstić information content (AvgIpc) is 2.26. The molecular formula is C14H20O4. The molecule has 0 amide bonds. The van der Waals surface area contributed by atoms with Gasteiger partial charge in [0.25, 0.3) is 0 Å². The molecule has 1 N–H and O–H groups in total. The van der Waals surface area contributed by atoms with E-state index in [9.17, 15) is 9.59 Å². The summed E-state index contributed by atoms with van der Waals surface area (Å²) in [5, 5.41) is 8.47. The molecule has 0 aromatic rings. The lowest BCUT2D eigenvalue weighted by Gasteiger charge is -2.57. The van der Waals surface area contributed by atoms with Crippen LogP contribution in [0.2, 0.25) is 0 Å². The minimum atomic E-state index is -1.49. The summed E-state index contributed by atoms with van der Waals surface area (Å²) in [5.74, 6) is 0.0458. The Balaban J connectivity index is 1.56. The minimum Gasteiger partial charge on any atom is -0.473 e. The van der Waals surface area contributed by atoms with E-state index in [1.165, 1.54) is 38.5 Å². The van der Waals surface area contributed by atoms with Gasteiger partial charge in [0, 0.05) is 0 Å². The fourth-order valence-electron chi connectivity index (χ4n) is 5.02. The van der Waals surface area contributed by atoms with E-state index in [-0.39, 0.29) is 6.61 Å². The Kier molecular flexibility index (Phi) is 2.83. The highest BCUT2D eigenvalue weighted by Gasteiger charge is 2.50. The summed E-state index contributed by atoms with van der Waals surface area (Å²) in [7, 11) is 0. The molecule has 0 atom stereocenters. The standard InChI is InChI=1S/C14H20O4/c15-12(16)13(17)18-2-1-14-6-9-3-10(7-14)5-11(4-9)8-14/h9-11H,1-8H2,(H,15,16). The van der Waals surface area contributed by atoms with Crippen molar-refractivity contribution in [3.63, 3.8) is 0 Å². The van der Waals surface area contributed by atoms with E-state index in [0.717, 1.165) is 24.2 Å². The molecule has 0 heterocycles. The molecule has 4 fully saturated rings. The number of carboxylic acid groups (broad SMARTS) is 1. The lowest BCUT2D eigenvalue weighted by Crippen LogP contribution is -2.46. The predicted molar refractivity (Wildman–Crippen MR) is 63.8 cm³/mol. The van der Waals surface area contributed by atoms with E-state index in [1.54, 1.807) is 0 Å². The Hall–Kier alpha value is -1.06. The van der Waals surface area contributed by atoms with E-state index in [1.807, 2.05) is 0 Å². The first-order valence-electron chi connectivity index (χ1n) is 6.96. The van der Waals surface area contributed by atoms with Gasteiger partial charge in [0.2, 0.25) is 0 Å². The first-order chi connectivity index (χ1) is 8.56. The molecule has 0 aliphatic heterocycles. The van der Waals surface area contributed by atoms with Crippen molar-refractivity contribution in [3.05, 3.63) is 0 Å². The van der Waals surface area contributed by atoms with Crippen LogP contribution in [0.5, 0.6) is 0 Å². The zero-order valence-electron chi connectivity index (χ0n) is 10.6. The van der Waals surface area contributed by atoms with Crippen LogP contribution in [0, 0.1) is 23.2 Å². The number of carbonyl (C=O) groups excluding carboxylic acids is 1. The maximum absolute atomic E-state index is 10.9. The van der Waals surface area contributed by atoms with Gasteiger partial charge in [-0.3, -0.25) is 0 Å². The highest BCUT2D eigenvalue weighted by atomic mass is 16.6. The van der Waals surface area contributed by atoms with Crippen LogP contribution in [0.4, 0.5) is 0 Å². The smallest absolute Gasteiger partial charge is 0.417 e. The highest BCUT2D eigenvalue weighted by Crippen LogP contribution is 2.61. The molecule has 4 rings (SSSR count). The van der Waals surface area contributed by atoms with Crippen LogP contribution in [-0.2, 0) is 14.3 Å². The van der Waals surface area contributed by atoms with E-state index in [2.05, 4.69) is 0 Å². The van der Waals surface area contributed by atoms with Crippen molar-refractivity contribution in [1.82, 2.24) is 0 Å². The Morgan fingerprint density at radius 3 is 2.00 bits per heavy atom. The monoisotopic (exact) mass is 252 g/mol. The molecule has 0 unspecified atom stereocenters. The lowest BCUT2D eigenvalue weighted by molar-refractivity contribution is -0.165. The third kappa shape index (κ3) is 2.13. The second-order valence-electron chi connectivity index (χ2n) is 6.61. The largest absolute Gasteiger partial charge is 0.473 e. The van der Waals surface area contributed by atoms with Crippen LogP contribution >= 0.6 is 0 Å². The molecule has 4 heteroatoms. The first-order valence-corrected chi connectivity index (χ1v) is 6.96. The minimum absolute atomic E-state index is 0.275. The molecule has 4 nitrogen and oxygen atoms in total. The van der Waals surface area contributed by atoms with Gasteiger partial charge < -0.3 is 9.84 Å². The molecule has 18 heavy (non-hydrogen) atoms. The molecule has 4 aliphatic rings. The molecule has 4 saturated carbocycles. The number of rotatable bonds is 3. The summed E-state index contributed by atoms with van der Waals surface area (Å²) in [5.41, 5.74) is 0.355. The van der Waals surface area contributed by atoms with Gasteiger partial charge in [-0.1, -0.05) is 0 Å². The molecule has 0 saturated heterocycles. The van der Waals surface area contributed by atoms with Crippen LogP contribution < -0.4 is 0 Å². The van der Waals surface area contributed by atoms with Crippen LogP contribution in [-0.4, -0.2) is 23.7 Å². The van der Waals surface area contributed by atoms with Crippen molar-refractivity contribution in [2.75, 3.05) is 6.61 Å². The van der Waals surface area contributed by atoms with Gasteiger partial charge in [0.15, 0.2) is 0 Å². The van der Waals surface area contributed by atoms with Gasteiger partial charge in [-0.2, -0.15) is 0 Å². The van der Waals surface area contributed by atoms with E-state index in [0.29, 0.717) is 5.41 Å². The second kappa shape index (κ2) is 4.25. The Morgan fingerprint density at radius 1 is 1.06 bits per heavy atom. The van der Waals surface area contributed by atoms with Crippen molar-refractivity contribution in [2.45, 2.75) is 44.9 Å². The van der Waals surface area contributed by atoms with Gasteiger partial charge in [-0.05, 0) is 68.1 Å². The fourth-order valence-corrected chi connectivity index (χ4v) is 5.02. The number of carboxylic acids is 1. The van der Waals surface area contributed by atoms with Crippen molar-refractivity contribution in [1.29, 1.82) is 0 Å². The van der Waals surface area contributed by atoms with Gasteiger partial charge >= 0.3 is 11.9 Å². The fraction of sp³-hybridized carbons (Fsp3) is 0.857. The number of esters is 1. The topological polar surface area (TPSA) is 63.6 Å². The summed E-state index contributed by atoms with van der Waals surface area (Å²) in [6.45, 7) is 0.275. The van der Waals surface area contributed by atoms with Gasteiger partial charge in [-0.25, -0.2) is 9.59 Å². The van der Waals surface area contributed by atoms with Crippen molar-refractivity contribution in [2.24, 2.45) is 23.2 Å². The summed E-state index contributed by atoms with van der Waals surface area (Å²) in [4.78, 5) is 21.3. The molecule has 100 valence electrons. The van der Waals surface area contributed by atoms with E-state index in [4.69, 9.17) is 9.84 Å². The number of hydrogen-bond donors (Lipinski definition) is 1. The maximum atomic E-state index is 10.9.